The van der Waals surface area contributed by atoms with E-state index in [2.05, 4.69) is 10.2 Å². The number of aromatic nitrogens is 3. The van der Waals surface area contributed by atoms with Gasteiger partial charge in [-0.05, 0) is 44.7 Å². The maximum atomic E-state index is 14.2. The number of carbonyl (C=O) groups is 1. The number of fused-ring (bicyclic) bond motifs is 2. The van der Waals surface area contributed by atoms with Gasteiger partial charge >= 0.3 is 0 Å². The van der Waals surface area contributed by atoms with Crippen LogP contribution in [-0.2, 0) is 16.7 Å². The van der Waals surface area contributed by atoms with Crippen LogP contribution in [-0.4, -0.2) is 58.0 Å². The zero-order chi connectivity index (χ0) is 27.7. The van der Waals surface area contributed by atoms with E-state index in [1.54, 1.807) is 6.20 Å². The second-order valence-corrected chi connectivity index (χ2v) is 11.5. The summed E-state index contributed by atoms with van der Waals surface area (Å²) in [5.74, 6) is -1.52. The van der Waals surface area contributed by atoms with Crippen molar-refractivity contribution >= 4 is 17.2 Å². The van der Waals surface area contributed by atoms with Crippen molar-refractivity contribution in [2.45, 2.75) is 64.5 Å². The first-order chi connectivity index (χ1) is 18.7. The van der Waals surface area contributed by atoms with E-state index in [1.807, 2.05) is 30.2 Å². The topological polar surface area (TPSA) is 86.5 Å². The molecular weight excluding hydrogens is 526 g/mol. The molecule has 5 rings (SSSR count). The molecule has 0 radical (unpaired) electrons. The number of hydrogen-bond acceptors (Lipinski definition) is 7. The van der Waals surface area contributed by atoms with Crippen LogP contribution < -0.4 is 10.2 Å². The smallest absolute Gasteiger partial charge is 0.274 e. The molecule has 0 N–H and O–H groups in total. The highest BCUT2D eigenvalue weighted by atomic mass is 32.1. The average Bonchev–Trinajstić information content (AvgIpc) is 3.37. The Morgan fingerprint density at radius 1 is 1.18 bits per heavy atom. The van der Waals surface area contributed by atoms with Gasteiger partial charge in [0.25, 0.3) is 5.91 Å². The molecule has 0 bridgehead atoms. The van der Waals surface area contributed by atoms with Gasteiger partial charge in [0.1, 0.15) is 16.6 Å². The van der Waals surface area contributed by atoms with Crippen LogP contribution in [0.5, 0.6) is 5.75 Å². The number of nitrogens with zero attached hydrogens (tertiary/aromatic N) is 4. The van der Waals surface area contributed by atoms with Crippen molar-refractivity contribution in [3.63, 3.8) is 0 Å². The molecule has 1 amide bonds. The van der Waals surface area contributed by atoms with Gasteiger partial charge in [0.2, 0.25) is 5.43 Å². The molecule has 0 unspecified atom stereocenters. The third-order valence-electron chi connectivity index (χ3n) is 7.45. The van der Waals surface area contributed by atoms with Crippen molar-refractivity contribution in [2.75, 3.05) is 26.4 Å². The van der Waals surface area contributed by atoms with Crippen molar-refractivity contribution < 1.29 is 23.0 Å². The summed E-state index contributed by atoms with van der Waals surface area (Å²) >= 11 is 1.17. The number of unbranched alkanes of at least 4 members (excludes halogenated alkanes) is 1. The molecule has 0 atom stereocenters. The fourth-order valence-corrected chi connectivity index (χ4v) is 6.07. The van der Waals surface area contributed by atoms with Crippen LogP contribution in [0.15, 0.2) is 29.2 Å². The normalized spacial score (nSPS) is 16.7. The number of ether oxygens (including phenoxy) is 2. The molecule has 1 fully saturated rings. The number of pyridine rings is 1. The molecule has 0 aliphatic carbocycles. The predicted molar refractivity (Wildman–Crippen MR) is 143 cm³/mol. The maximum absolute atomic E-state index is 14.2. The summed E-state index contributed by atoms with van der Waals surface area (Å²) in [7, 11) is 0. The standard InChI is InChI=1S/C28H32F2N4O4S/c1-4-5-10-38-25-23-27(36)33(17(2)3)16-28(8-11-37-12-9-28)34(23)15-20(24(25)35)26-32-31-22(39-26)13-18-6-7-19(29)14-21(18)30/h6-7,14-15,17H,4-5,8-13,16H2,1-3H3. The van der Waals surface area contributed by atoms with Crippen molar-refractivity contribution in [1.82, 2.24) is 19.7 Å². The predicted octanol–water partition coefficient (Wildman–Crippen LogP) is 4.78. The van der Waals surface area contributed by atoms with E-state index < -0.39 is 22.6 Å². The Hall–Kier alpha value is -3.18. The average molecular weight is 559 g/mol. The third kappa shape index (κ3) is 5.21. The molecule has 39 heavy (non-hydrogen) atoms. The van der Waals surface area contributed by atoms with Crippen LogP contribution in [0, 0.1) is 11.6 Å². The summed E-state index contributed by atoms with van der Waals surface area (Å²) in [6, 6.07) is 3.35. The minimum atomic E-state index is -0.665. The van der Waals surface area contributed by atoms with Crippen LogP contribution in [0.4, 0.5) is 8.78 Å². The fraction of sp³-hybridized carbons (Fsp3) is 0.500. The zero-order valence-electron chi connectivity index (χ0n) is 22.3. The Labute approximate surface area is 229 Å². The molecule has 208 valence electrons. The van der Waals surface area contributed by atoms with Crippen LogP contribution in [0.3, 0.4) is 0 Å². The molecular formula is C28H32F2N4O4S. The summed E-state index contributed by atoms with van der Waals surface area (Å²) < 4.78 is 41.2. The fourth-order valence-electron chi connectivity index (χ4n) is 5.20. The first-order valence-corrected chi connectivity index (χ1v) is 14.1. The molecule has 1 saturated heterocycles. The second kappa shape index (κ2) is 11.1. The van der Waals surface area contributed by atoms with Crippen LogP contribution in [0.25, 0.3) is 10.6 Å². The van der Waals surface area contributed by atoms with Crippen LogP contribution in [0.2, 0.25) is 0 Å². The van der Waals surface area contributed by atoms with E-state index >= 15 is 0 Å². The van der Waals surface area contributed by atoms with Gasteiger partial charge in [-0.25, -0.2) is 8.78 Å². The zero-order valence-corrected chi connectivity index (χ0v) is 23.2. The van der Waals surface area contributed by atoms with Gasteiger partial charge in [0.15, 0.2) is 16.5 Å². The molecule has 2 aromatic heterocycles. The Morgan fingerprint density at radius 3 is 2.64 bits per heavy atom. The summed E-state index contributed by atoms with van der Waals surface area (Å²) in [6.45, 7) is 7.85. The van der Waals surface area contributed by atoms with E-state index in [0.717, 1.165) is 18.9 Å². The molecule has 0 saturated carbocycles. The molecule has 8 nitrogen and oxygen atoms in total. The summed E-state index contributed by atoms with van der Waals surface area (Å²) in [6.07, 6.45) is 4.79. The molecule has 1 aromatic carbocycles. The van der Waals surface area contributed by atoms with Crippen molar-refractivity contribution in [2.24, 2.45) is 0 Å². The van der Waals surface area contributed by atoms with Gasteiger partial charge in [-0.3, -0.25) is 9.59 Å². The highest BCUT2D eigenvalue weighted by molar-refractivity contribution is 7.14. The molecule has 4 heterocycles. The van der Waals surface area contributed by atoms with Crippen molar-refractivity contribution in [1.29, 1.82) is 0 Å². The lowest BCUT2D eigenvalue weighted by Gasteiger charge is -2.49. The Morgan fingerprint density at radius 2 is 1.95 bits per heavy atom. The van der Waals surface area contributed by atoms with Gasteiger partial charge in [0.05, 0.1) is 17.7 Å². The third-order valence-corrected chi connectivity index (χ3v) is 8.41. The summed E-state index contributed by atoms with van der Waals surface area (Å²) in [5.41, 5.74) is -0.0494. The van der Waals surface area contributed by atoms with Gasteiger partial charge in [-0.2, -0.15) is 0 Å². The number of carbonyl (C=O) groups excluding carboxylic acids is 1. The SMILES string of the molecule is CCCCOc1c2n(cc(-c3nnc(Cc4ccc(F)cc4F)s3)c1=O)C1(CCOCC1)CN(C(C)C)C2=O. The van der Waals surface area contributed by atoms with E-state index in [4.69, 9.17) is 9.47 Å². The summed E-state index contributed by atoms with van der Waals surface area (Å²) in [4.78, 5) is 29.5. The van der Waals surface area contributed by atoms with Gasteiger partial charge in [0, 0.05) is 44.5 Å². The molecule has 2 aliphatic heterocycles. The van der Waals surface area contributed by atoms with Gasteiger partial charge in [-0.1, -0.05) is 30.7 Å². The molecule has 1 spiro atoms. The lowest BCUT2D eigenvalue weighted by Crippen LogP contribution is -2.58. The van der Waals surface area contributed by atoms with Gasteiger partial charge < -0.3 is 18.9 Å². The second-order valence-electron chi connectivity index (χ2n) is 10.4. The minimum Gasteiger partial charge on any atom is -0.487 e. The van der Waals surface area contributed by atoms with E-state index in [0.29, 0.717) is 49.2 Å². The Bertz CT molecular complexity index is 1430. The van der Waals surface area contributed by atoms with Gasteiger partial charge in [-0.15, -0.1) is 10.2 Å². The largest absolute Gasteiger partial charge is 0.487 e. The number of amides is 1. The Balaban J connectivity index is 1.63. The molecule has 11 heteroatoms. The monoisotopic (exact) mass is 558 g/mol. The minimum absolute atomic E-state index is 0.0310. The lowest BCUT2D eigenvalue weighted by atomic mass is 9.85. The Kier molecular flexibility index (Phi) is 7.82. The number of halogens is 2. The van der Waals surface area contributed by atoms with Crippen LogP contribution >= 0.6 is 11.3 Å². The quantitative estimate of drug-likeness (QED) is 0.370. The molecule has 2 aliphatic rings. The highest BCUT2D eigenvalue weighted by Gasteiger charge is 2.46. The maximum Gasteiger partial charge on any atom is 0.274 e. The van der Waals surface area contributed by atoms with E-state index in [1.165, 1.54) is 23.5 Å². The highest BCUT2D eigenvalue weighted by Crippen LogP contribution is 2.40. The summed E-state index contributed by atoms with van der Waals surface area (Å²) in [5, 5.41) is 9.28. The van der Waals surface area contributed by atoms with E-state index in [-0.39, 0.29) is 40.9 Å². The van der Waals surface area contributed by atoms with Crippen molar-refractivity contribution in [3.05, 3.63) is 62.5 Å². The van der Waals surface area contributed by atoms with E-state index in [9.17, 15) is 18.4 Å². The number of rotatable bonds is 8. The number of benzene rings is 1. The van der Waals surface area contributed by atoms with Crippen LogP contribution in [0.1, 0.15) is 67.5 Å². The first kappa shape index (κ1) is 27.4. The lowest BCUT2D eigenvalue weighted by molar-refractivity contribution is -0.0131. The number of hydrogen-bond donors (Lipinski definition) is 0. The molecule has 3 aromatic rings. The first-order valence-electron chi connectivity index (χ1n) is 13.3. The van der Waals surface area contributed by atoms with Crippen molar-refractivity contribution in [3.8, 4) is 16.3 Å².